The summed E-state index contributed by atoms with van der Waals surface area (Å²) in [6.07, 6.45) is 3.61. The molecule has 1 aromatic carbocycles. The Balaban J connectivity index is 1.91. The number of nitrogens with zero attached hydrogens (tertiary/aromatic N) is 2. The molecular weight excluding hydrogens is 264 g/mol. The minimum atomic E-state index is 0.278. The molecule has 0 saturated heterocycles. The molecule has 20 heavy (non-hydrogen) atoms. The van der Waals surface area contributed by atoms with Gasteiger partial charge in [0.2, 0.25) is 0 Å². The number of thiol groups is 1. The van der Waals surface area contributed by atoms with E-state index in [1.807, 2.05) is 6.07 Å². The van der Waals surface area contributed by atoms with Gasteiger partial charge < -0.3 is 0 Å². The predicted octanol–water partition coefficient (Wildman–Crippen LogP) is 4.48. The van der Waals surface area contributed by atoms with Crippen LogP contribution in [0.2, 0.25) is 0 Å². The third-order valence-electron chi connectivity index (χ3n) is 6.04. The Kier molecular flexibility index (Phi) is 2.45. The molecule has 0 bridgehead atoms. The lowest BCUT2D eigenvalue weighted by Gasteiger charge is -2.56. The van der Waals surface area contributed by atoms with E-state index < -0.39 is 0 Å². The van der Waals surface area contributed by atoms with Gasteiger partial charge in [0, 0.05) is 11.1 Å². The molecule has 0 spiro atoms. The maximum absolute atomic E-state index is 4.63. The van der Waals surface area contributed by atoms with E-state index >= 15 is 0 Å². The molecule has 0 amide bonds. The molecule has 4 rings (SSSR count). The zero-order chi connectivity index (χ0) is 14.1. The second-order valence-corrected chi connectivity index (χ2v) is 7.00. The van der Waals surface area contributed by atoms with Crippen molar-refractivity contribution in [2.45, 2.75) is 32.3 Å². The number of para-hydroxylation sites is 2. The minimum Gasteiger partial charge on any atom is -0.291 e. The highest BCUT2D eigenvalue weighted by Crippen LogP contribution is 2.66. The number of imidazole rings is 1. The average Bonchev–Trinajstić information content (AvgIpc) is 2.93. The van der Waals surface area contributed by atoms with Crippen LogP contribution in [-0.2, 0) is 0 Å². The van der Waals surface area contributed by atoms with E-state index in [1.54, 1.807) is 0 Å². The number of rotatable bonds is 1. The maximum atomic E-state index is 4.63. The van der Waals surface area contributed by atoms with E-state index in [0.29, 0.717) is 0 Å². The monoisotopic (exact) mass is 284 g/mol. The molecule has 2 nitrogen and oxygen atoms in total. The average molecular weight is 284 g/mol. The van der Waals surface area contributed by atoms with Gasteiger partial charge in [0.1, 0.15) is 0 Å². The van der Waals surface area contributed by atoms with Crippen molar-refractivity contribution in [3.63, 3.8) is 0 Å². The van der Waals surface area contributed by atoms with Gasteiger partial charge in [-0.3, -0.25) is 4.57 Å². The Labute approximate surface area is 125 Å². The van der Waals surface area contributed by atoms with Gasteiger partial charge >= 0.3 is 0 Å². The molecular formula is C17H20N2S. The molecule has 1 fully saturated rings. The summed E-state index contributed by atoms with van der Waals surface area (Å²) in [5.41, 5.74) is 3.90. The normalized spacial score (nSPS) is 35.8. The molecule has 3 unspecified atom stereocenters. The van der Waals surface area contributed by atoms with Crippen molar-refractivity contribution in [1.29, 1.82) is 0 Å². The summed E-state index contributed by atoms with van der Waals surface area (Å²) >= 11 is 4.63. The Hall–Kier alpha value is -1.22. The largest absolute Gasteiger partial charge is 0.291 e. The fourth-order valence-electron chi connectivity index (χ4n) is 4.58. The highest BCUT2D eigenvalue weighted by Gasteiger charge is 2.59. The Morgan fingerprint density at radius 1 is 1.30 bits per heavy atom. The molecule has 1 heterocycles. The van der Waals surface area contributed by atoms with Crippen molar-refractivity contribution in [3.8, 4) is 0 Å². The van der Waals surface area contributed by atoms with Crippen molar-refractivity contribution >= 4 is 29.4 Å². The van der Waals surface area contributed by atoms with Gasteiger partial charge in [-0.05, 0) is 36.3 Å². The van der Waals surface area contributed by atoms with Crippen molar-refractivity contribution in [1.82, 2.24) is 9.55 Å². The molecule has 0 radical (unpaired) electrons. The van der Waals surface area contributed by atoms with Crippen LogP contribution < -0.4 is 0 Å². The van der Waals surface area contributed by atoms with Gasteiger partial charge in [-0.15, -0.1) is 12.6 Å². The molecule has 2 aliphatic carbocycles. The van der Waals surface area contributed by atoms with E-state index in [9.17, 15) is 0 Å². The van der Waals surface area contributed by atoms with E-state index in [0.717, 1.165) is 28.4 Å². The van der Waals surface area contributed by atoms with E-state index in [-0.39, 0.29) is 5.41 Å². The first-order chi connectivity index (χ1) is 9.55. The first kappa shape index (κ1) is 12.5. The van der Waals surface area contributed by atoms with Crippen molar-refractivity contribution in [2.75, 3.05) is 0 Å². The van der Waals surface area contributed by atoms with Gasteiger partial charge in [-0.1, -0.05) is 39.0 Å². The van der Waals surface area contributed by atoms with Crippen LogP contribution >= 0.6 is 12.6 Å². The predicted molar refractivity (Wildman–Crippen MR) is 85.8 cm³/mol. The van der Waals surface area contributed by atoms with Crippen molar-refractivity contribution in [2.24, 2.45) is 23.2 Å². The standard InChI is InChI=1S/C17H20N2S/c1-10-11(2)17(3)12(10)8-9-15(17)19-14-7-5-4-6-13(14)18-16(19)20/h4-7,9-12H,8H2,1-3H3,(H,18,20)/t10?,11?,12?,17-/m0/s1. The van der Waals surface area contributed by atoms with Crippen LogP contribution in [0.25, 0.3) is 16.7 Å². The molecule has 1 saturated carbocycles. The lowest BCUT2D eigenvalue weighted by atomic mass is 9.49. The summed E-state index contributed by atoms with van der Waals surface area (Å²) in [5, 5.41) is 0.811. The molecule has 104 valence electrons. The molecule has 0 aliphatic heterocycles. The lowest BCUT2D eigenvalue weighted by Crippen LogP contribution is -2.51. The third kappa shape index (κ3) is 1.30. The van der Waals surface area contributed by atoms with Crippen LogP contribution in [0.1, 0.15) is 27.2 Å². The maximum Gasteiger partial charge on any atom is 0.170 e. The number of aromatic nitrogens is 2. The summed E-state index contributed by atoms with van der Waals surface area (Å²) in [7, 11) is 0. The molecule has 1 aromatic heterocycles. The SMILES string of the molecule is CC1C(C)[C@]2(C)C(n3c(S)nc4ccccc43)=CCC12. The van der Waals surface area contributed by atoms with Gasteiger partial charge in [0.15, 0.2) is 5.16 Å². The highest BCUT2D eigenvalue weighted by atomic mass is 32.1. The summed E-state index contributed by atoms with van der Waals surface area (Å²) in [6.45, 7) is 7.20. The van der Waals surface area contributed by atoms with E-state index in [2.05, 4.69) is 67.2 Å². The number of hydrogen-bond donors (Lipinski definition) is 1. The van der Waals surface area contributed by atoms with Gasteiger partial charge in [-0.25, -0.2) is 4.98 Å². The molecule has 0 N–H and O–H groups in total. The zero-order valence-corrected chi connectivity index (χ0v) is 13.1. The first-order valence-corrected chi connectivity index (χ1v) is 7.87. The second-order valence-electron chi connectivity index (χ2n) is 6.60. The van der Waals surface area contributed by atoms with Gasteiger partial charge in [-0.2, -0.15) is 0 Å². The zero-order valence-electron chi connectivity index (χ0n) is 12.2. The summed E-state index contributed by atoms with van der Waals surface area (Å²) in [6, 6.07) is 8.32. The van der Waals surface area contributed by atoms with Crippen LogP contribution in [-0.4, -0.2) is 9.55 Å². The van der Waals surface area contributed by atoms with Crippen LogP contribution in [0.15, 0.2) is 35.5 Å². The second kappa shape index (κ2) is 3.91. The number of allylic oxidation sites excluding steroid dienone is 2. The molecule has 4 atom stereocenters. The van der Waals surface area contributed by atoms with Crippen molar-refractivity contribution in [3.05, 3.63) is 30.3 Å². The van der Waals surface area contributed by atoms with Gasteiger partial charge in [0.25, 0.3) is 0 Å². The van der Waals surface area contributed by atoms with Crippen LogP contribution in [0.5, 0.6) is 0 Å². The third-order valence-corrected chi connectivity index (χ3v) is 6.34. The van der Waals surface area contributed by atoms with E-state index in [1.165, 1.54) is 17.6 Å². The lowest BCUT2D eigenvalue weighted by molar-refractivity contribution is -0.0341. The topological polar surface area (TPSA) is 17.8 Å². The quantitative estimate of drug-likeness (QED) is 0.765. The van der Waals surface area contributed by atoms with Crippen LogP contribution in [0, 0.1) is 23.2 Å². The number of hydrogen-bond acceptors (Lipinski definition) is 2. The first-order valence-electron chi connectivity index (χ1n) is 7.42. The molecule has 3 heteroatoms. The molecule has 2 aliphatic rings. The Bertz CT molecular complexity index is 730. The fraction of sp³-hybridized carbons (Fsp3) is 0.471. The smallest absolute Gasteiger partial charge is 0.170 e. The van der Waals surface area contributed by atoms with E-state index in [4.69, 9.17) is 0 Å². The molecule has 2 aromatic rings. The fourth-order valence-corrected chi connectivity index (χ4v) is 4.91. The Morgan fingerprint density at radius 3 is 2.85 bits per heavy atom. The van der Waals surface area contributed by atoms with Crippen molar-refractivity contribution < 1.29 is 0 Å². The highest BCUT2D eigenvalue weighted by molar-refractivity contribution is 7.80. The van der Waals surface area contributed by atoms with Crippen LogP contribution in [0.3, 0.4) is 0 Å². The Morgan fingerprint density at radius 2 is 2.05 bits per heavy atom. The van der Waals surface area contributed by atoms with Gasteiger partial charge in [0.05, 0.1) is 11.0 Å². The summed E-state index contributed by atoms with van der Waals surface area (Å²) in [4.78, 5) is 4.60. The summed E-state index contributed by atoms with van der Waals surface area (Å²) < 4.78 is 2.26. The van der Waals surface area contributed by atoms with Crippen LogP contribution in [0.4, 0.5) is 0 Å². The number of benzene rings is 1. The number of fused-ring (bicyclic) bond motifs is 2. The minimum absolute atomic E-state index is 0.278. The summed E-state index contributed by atoms with van der Waals surface area (Å²) in [5.74, 6) is 2.31.